The van der Waals surface area contributed by atoms with E-state index in [4.69, 9.17) is 36.5 Å². The molecule has 1 aromatic heterocycles. The minimum absolute atomic E-state index is 0.0986. The molecule has 0 amide bonds. The first-order valence-corrected chi connectivity index (χ1v) is 23.3. The molecule has 64 heavy (non-hydrogen) atoms. The zero-order chi connectivity index (χ0) is 46.4. The standard InChI is InChI=1S/C46H58N4O9.H2O4S/c1-8-42(54)23-28-24-45(40(52)57-6,36-30(15-19-49(25-28)26-42)29-13-10-11-14-33(29)47-36)32-21-31-34(22-35(32)56-5)48(4)38-44(31)17-20-50-18-12-16-43(9-2,37(44)50)39(59-27(3)51)46(38,55)41(53)58-7;1-5(2,3)4/h10-14,16,21-22,28,37-39,47,54-55H,8-9,15,17-20,23-26H2,1-7H3;(H2,1,2,3,4)/t28?,37-,38?,39+,42?,43+,44+,45-,46-;/m0./s1. The highest BCUT2D eigenvalue weighted by Gasteiger charge is 2.80. The molecule has 1 aliphatic carbocycles. The van der Waals surface area contributed by atoms with E-state index in [0.29, 0.717) is 82.6 Å². The number of nitrogens with zero attached hydrogens (tertiary/aromatic N) is 3. The van der Waals surface area contributed by atoms with Crippen molar-refractivity contribution in [3.8, 4) is 5.75 Å². The summed E-state index contributed by atoms with van der Waals surface area (Å²) in [5, 5.41) is 26.3. The summed E-state index contributed by atoms with van der Waals surface area (Å²) in [6.45, 7) is 8.62. The number of rotatable bonds is 7. The number of hydrogen-bond acceptors (Lipinski definition) is 14. The molecule has 5 aliphatic heterocycles. The predicted octanol–water partition coefficient (Wildman–Crippen LogP) is 3.34. The number of nitrogens with one attached hydrogen (secondary N) is 1. The number of aromatic nitrogens is 1. The van der Waals surface area contributed by atoms with Crippen molar-refractivity contribution in [1.29, 1.82) is 0 Å². The molecule has 4 unspecified atom stereocenters. The maximum Gasteiger partial charge on any atom is 0.394 e. The number of H-pyrrole nitrogens is 1. The summed E-state index contributed by atoms with van der Waals surface area (Å²) in [5.41, 5.74) is -1.62. The molecule has 6 aliphatic rings. The van der Waals surface area contributed by atoms with Crippen LogP contribution in [0.4, 0.5) is 5.69 Å². The number of piperidine rings is 1. The van der Waals surface area contributed by atoms with Crippen molar-refractivity contribution < 1.29 is 61.1 Å². The van der Waals surface area contributed by atoms with Crippen molar-refractivity contribution in [2.75, 3.05) is 66.0 Å². The number of hydrogen-bond donors (Lipinski definition) is 5. The van der Waals surface area contributed by atoms with E-state index >= 15 is 4.79 Å². The molecule has 2 bridgehead atoms. The van der Waals surface area contributed by atoms with Crippen LogP contribution < -0.4 is 9.64 Å². The number of aliphatic hydroxyl groups is 2. The van der Waals surface area contributed by atoms with Crippen molar-refractivity contribution in [3.63, 3.8) is 0 Å². The van der Waals surface area contributed by atoms with Crippen LogP contribution >= 0.6 is 0 Å². The Labute approximate surface area is 373 Å². The van der Waals surface area contributed by atoms with Crippen LogP contribution in [0.15, 0.2) is 48.6 Å². The van der Waals surface area contributed by atoms with Gasteiger partial charge in [-0.15, -0.1) is 0 Å². The van der Waals surface area contributed by atoms with Gasteiger partial charge in [-0.05, 0) is 74.2 Å². The van der Waals surface area contributed by atoms with Crippen LogP contribution in [-0.2, 0) is 56.2 Å². The topological polar surface area (TPSA) is 229 Å². The molecule has 2 saturated heterocycles. The largest absolute Gasteiger partial charge is 0.496 e. The molecular formula is C46H60N4O13S. The molecule has 1 spiro atoms. The van der Waals surface area contributed by atoms with E-state index in [0.717, 1.165) is 33.4 Å². The van der Waals surface area contributed by atoms with E-state index in [1.54, 1.807) is 7.11 Å². The van der Waals surface area contributed by atoms with Crippen molar-refractivity contribution in [1.82, 2.24) is 14.8 Å². The minimum Gasteiger partial charge on any atom is -0.496 e. The van der Waals surface area contributed by atoms with Gasteiger partial charge in [-0.25, -0.2) is 4.79 Å². The molecule has 10 atom stereocenters. The first-order valence-electron chi connectivity index (χ1n) is 21.9. The Balaban J connectivity index is 0.00000106. The Morgan fingerprint density at radius 2 is 1.64 bits per heavy atom. The molecule has 3 fully saturated rings. The second-order valence-electron chi connectivity index (χ2n) is 18.7. The van der Waals surface area contributed by atoms with Gasteiger partial charge in [0.05, 0.1) is 33.0 Å². The van der Waals surface area contributed by atoms with Gasteiger partial charge in [0.15, 0.2) is 6.10 Å². The third kappa shape index (κ3) is 6.69. The molecule has 9 rings (SSSR count). The second kappa shape index (κ2) is 16.1. The van der Waals surface area contributed by atoms with Gasteiger partial charge < -0.3 is 39.0 Å². The average molecular weight is 909 g/mol. The van der Waals surface area contributed by atoms with Crippen LogP contribution in [0.1, 0.15) is 75.3 Å². The summed E-state index contributed by atoms with van der Waals surface area (Å²) < 4.78 is 55.5. The van der Waals surface area contributed by atoms with Gasteiger partial charge in [0.1, 0.15) is 11.2 Å². The second-order valence-corrected chi connectivity index (χ2v) is 19.5. The smallest absolute Gasteiger partial charge is 0.394 e. The lowest BCUT2D eigenvalue weighted by atomic mass is 9.47. The van der Waals surface area contributed by atoms with Crippen LogP contribution in [0, 0.1) is 11.3 Å². The highest BCUT2D eigenvalue weighted by molar-refractivity contribution is 7.79. The zero-order valence-electron chi connectivity index (χ0n) is 37.4. The zero-order valence-corrected chi connectivity index (χ0v) is 38.2. The molecule has 2 aromatic carbocycles. The van der Waals surface area contributed by atoms with Crippen molar-refractivity contribution in [2.24, 2.45) is 11.3 Å². The summed E-state index contributed by atoms with van der Waals surface area (Å²) in [6.07, 6.45) is 5.94. The van der Waals surface area contributed by atoms with E-state index < -0.39 is 67.9 Å². The first-order chi connectivity index (χ1) is 30.2. The summed E-state index contributed by atoms with van der Waals surface area (Å²) >= 11 is 0. The van der Waals surface area contributed by atoms with Gasteiger partial charge >= 0.3 is 28.3 Å². The van der Waals surface area contributed by atoms with Gasteiger partial charge in [-0.3, -0.25) is 28.5 Å². The maximum absolute atomic E-state index is 15.3. The van der Waals surface area contributed by atoms with Gasteiger partial charge in [0.2, 0.25) is 5.60 Å². The highest BCUT2D eigenvalue weighted by Crippen LogP contribution is 2.68. The number of esters is 3. The Morgan fingerprint density at radius 3 is 2.28 bits per heavy atom. The van der Waals surface area contributed by atoms with Crippen LogP contribution in [0.5, 0.6) is 5.75 Å². The van der Waals surface area contributed by atoms with Gasteiger partial charge in [0.25, 0.3) is 0 Å². The fraction of sp³-hybridized carbons (Fsp3) is 0.587. The lowest BCUT2D eigenvalue weighted by Crippen LogP contribution is -2.81. The third-order valence-corrected chi connectivity index (χ3v) is 15.6. The number of fused-ring (bicyclic) bond motifs is 6. The Kier molecular flexibility index (Phi) is 11.6. The summed E-state index contributed by atoms with van der Waals surface area (Å²) in [6, 6.07) is 11.0. The van der Waals surface area contributed by atoms with Crippen LogP contribution in [-0.4, -0.2) is 151 Å². The fourth-order valence-electron chi connectivity index (χ4n) is 13.5. The number of aromatic amines is 1. The summed E-state index contributed by atoms with van der Waals surface area (Å²) in [7, 11) is 1.49. The molecule has 5 N–H and O–H groups in total. The lowest BCUT2D eigenvalue weighted by Gasteiger charge is -2.63. The molecule has 17 nitrogen and oxygen atoms in total. The maximum atomic E-state index is 15.3. The minimum atomic E-state index is -4.67. The normalized spacial score (nSPS) is 35.0. The molecule has 1 saturated carbocycles. The van der Waals surface area contributed by atoms with Crippen molar-refractivity contribution in [3.05, 3.63) is 70.9 Å². The fourth-order valence-corrected chi connectivity index (χ4v) is 13.5. The number of para-hydroxylation sites is 1. The van der Waals surface area contributed by atoms with E-state index in [1.165, 1.54) is 21.1 Å². The number of ether oxygens (including phenoxy) is 4. The Bertz CT molecular complexity index is 2500. The number of methoxy groups -OCH3 is 3. The number of anilines is 1. The molecule has 6 heterocycles. The number of carbonyl (C=O) groups excluding carboxylic acids is 3. The van der Waals surface area contributed by atoms with E-state index in [1.807, 2.05) is 50.1 Å². The van der Waals surface area contributed by atoms with Gasteiger partial charge in [0, 0.05) is 90.9 Å². The number of carbonyl (C=O) groups is 3. The van der Waals surface area contributed by atoms with Crippen LogP contribution in [0.3, 0.4) is 0 Å². The van der Waals surface area contributed by atoms with Crippen LogP contribution in [0.25, 0.3) is 10.9 Å². The summed E-state index contributed by atoms with van der Waals surface area (Å²) in [4.78, 5) is 53.2. The molecule has 348 valence electrons. The predicted molar refractivity (Wildman–Crippen MR) is 235 cm³/mol. The Hall–Kier alpha value is -4.56. The lowest BCUT2D eigenvalue weighted by molar-refractivity contribution is -0.228. The number of benzene rings is 2. The van der Waals surface area contributed by atoms with Crippen molar-refractivity contribution >= 4 is 44.9 Å². The Morgan fingerprint density at radius 1 is 0.938 bits per heavy atom. The summed E-state index contributed by atoms with van der Waals surface area (Å²) in [5.74, 6) is -1.56. The monoisotopic (exact) mass is 908 g/mol. The van der Waals surface area contributed by atoms with Crippen molar-refractivity contribution in [2.45, 2.75) is 99.5 Å². The number of likely N-dealkylation sites (N-methyl/N-ethyl adjacent to an activating group) is 1. The SMILES string of the molecule is CCC1(O)CC2CN(CCc3c([nH]c4ccccc34)[C@@](C(=O)OC)(c3cc4c(cc3OC)N(C)C3[C@]45CCN4CC=C[C@@](CC)([C@@H](OC(C)=O)[C@]3(O)C(=O)OC)[C@H]45)C2)C1.O=S(=O)(O)O. The molecule has 0 radical (unpaired) electrons. The molecular weight excluding hydrogens is 849 g/mol. The third-order valence-electron chi connectivity index (χ3n) is 15.6. The van der Waals surface area contributed by atoms with Gasteiger partial charge in [-0.2, -0.15) is 8.42 Å². The van der Waals surface area contributed by atoms with E-state index in [9.17, 15) is 19.8 Å². The first kappa shape index (κ1) is 46.0. The van der Waals surface area contributed by atoms with Gasteiger partial charge in [-0.1, -0.05) is 44.2 Å². The molecule has 3 aromatic rings. The van der Waals surface area contributed by atoms with E-state index in [2.05, 4.69) is 39.1 Å². The highest BCUT2D eigenvalue weighted by atomic mass is 32.3. The molecule has 18 heteroatoms. The quantitative estimate of drug-likeness (QED) is 0.0992. The van der Waals surface area contributed by atoms with E-state index in [-0.39, 0.29) is 12.0 Å². The van der Waals surface area contributed by atoms with Crippen LogP contribution in [0.2, 0.25) is 0 Å². The average Bonchev–Trinajstić information content (AvgIpc) is 3.92.